The minimum atomic E-state index is -3.10. The molecular weight excluding hydrogens is 352 g/mol. The lowest BCUT2D eigenvalue weighted by molar-refractivity contribution is 0.386. The third kappa shape index (κ3) is 3.59. The van der Waals surface area contributed by atoms with E-state index in [1.807, 2.05) is 6.26 Å². The quantitative estimate of drug-likeness (QED) is 0.588. The van der Waals surface area contributed by atoms with Gasteiger partial charge in [0.1, 0.15) is 5.82 Å². The fourth-order valence-corrected chi connectivity index (χ4v) is 3.50. The highest BCUT2D eigenvalue weighted by molar-refractivity contribution is 9.10. The second-order valence-electron chi connectivity index (χ2n) is 4.18. The zero-order valence-corrected chi connectivity index (χ0v) is 13.9. The molecule has 6 nitrogen and oxygen atoms in total. The second-order valence-corrected chi connectivity index (χ2v) is 7.79. The summed E-state index contributed by atoms with van der Waals surface area (Å²) in [7, 11) is -3.10. The molecule has 0 aromatic carbocycles. The lowest BCUT2D eigenvalue weighted by Crippen LogP contribution is -2.48. The van der Waals surface area contributed by atoms with E-state index in [9.17, 15) is 8.42 Å². The van der Waals surface area contributed by atoms with Crippen LogP contribution in [0.1, 0.15) is 0 Å². The van der Waals surface area contributed by atoms with Crippen LogP contribution in [0, 0.1) is 0 Å². The van der Waals surface area contributed by atoms with Gasteiger partial charge in [-0.3, -0.25) is 0 Å². The van der Waals surface area contributed by atoms with Gasteiger partial charge in [0.25, 0.3) is 0 Å². The van der Waals surface area contributed by atoms with E-state index in [-0.39, 0.29) is 0 Å². The van der Waals surface area contributed by atoms with Crippen molar-refractivity contribution in [2.24, 2.45) is 0 Å². The Labute approximate surface area is 125 Å². The molecule has 106 valence electrons. The highest BCUT2D eigenvalue weighted by Crippen LogP contribution is 2.26. The van der Waals surface area contributed by atoms with E-state index >= 15 is 0 Å². The van der Waals surface area contributed by atoms with E-state index < -0.39 is 10.0 Å². The number of halogens is 1. The van der Waals surface area contributed by atoms with E-state index in [1.165, 1.54) is 22.3 Å². The number of anilines is 1. The molecule has 2 heterocycles. The maximum atomic E-state index is 11.5. The van der Waals surface area contributed by atoms with Crippen LogP contribution in [0.4, 0.5) is 5.82 Å². The van der Waals surface area contributed by atoms with Crippen LogP contribution in [0.2, 0.25) is 0 Å². The third-order valence-corrected chi connectivity index (χ3v) is 5.32. The molecule has 0 radical (unpaired) electrons. The molecule has 1 aliphatic rings. The van der Waals surface area contributed by atoms with Crippen molar-refractivity contribution in [3.63, 3.8) is 0 Å². The van der Waals surface area contributed by atoms with Crippen molar-refractivity contribution in [2.45, 2.75) is 5.16 Å². The lowest BCUT2D eigenvalue weighted by Gasteiger charge is -2.34. The summed E-state index contributed by atoms with van der Waals surface area (Å²) in [6.07, 6.45) is 4.90. The highest BCUT2D eigenvalue weighted by Gasteiger charge is 2.25. The topological polar surface area (TPSA) is 66.4 Å². The zero-order chi connectivity index (χ0) is 14.0. The lowest BCUT2D eigenvalue weighted by atomic mass is 10.3. The van der Waals surface area contributed by atoms with Crippen LogP contribution in [0.5, 0.6) is 0 Å². The molecule has 0 spiro atoms. The van der Waals surface area contributed by atoms with E-state index in [1.54, 1.807) is 6.20 Å². The Bertz CT molecular complexity index is 559. The van der Waals surface area contributed by atoms with Crippen molar-refractivity contribution >= 4 is 43.5 Å². The zero-order valence-electron chi connectivity index (χ0n) is 10.7. The first-order valence-electron chi connectivity index (χ1n) is 5.68. The first-order chi connectivity index (χ1) is 8.91. The smallest absolute Gasteiger partial charge is 0.211 e. The summed E-state index contributed by atoms with van der Waals surface area (Å²) in [6.45, 7) is 2.25. The average molecular weight is 367 g/mol. The van der Waals surface area contributed by atoms with Gasteiger partial charge in [-0.15, -0.1) is 0 Å². The van der Waals surface area contributed by atoms with Gasteiger partial charge in [0, 0.05) is 32.4 Å². The number of sulfonamides is 1. The molecule has 0 aliphatic carbocycles. The van der Waals surface area contributed by atoms with Crippen molar-refractivity contribution in [1.82, 2.24) is 14.3 Å². The van der Waals surface area contributed by atoms with Crippen molar-refractivity contribution in [1.29, 1.82) is 0 Å². The van der Waals surface area contributed by atoms with Gasteiger partial charge in [-0.05, 0) is 22.2 Å². The Morgan fingerprint density at radius 2 is 1.95 bits per heavy atom. The molecule has 1 aliphatic heterocycles. The minimum Gasteiger partial charge on any atom is -0.353 e. The Morgan fingerprint density at radius 1 is 1.32 bits per heavy atom. The van der Waals surface area contributed by atoms with Gasteiger partial charge in [0.05, 0.1) is 10.7 Å². The van der Waals surface area contributed by atoms with Crippen LogP contribution in [0.3, 0.4) is 0 Å². The Kier molecular flexibility index (Phi) is 4.70. The maximum absolute atomic E-state index is 11.5. The fourth-order valence-electron chi connectivity index (χ4n) is 1.89. The number of aromatic nitrogens is 2. The average Bonchev–Trinajstić information content (AvgIpc) is 2.38. The Hall–Kier alpha value is -0.380. The highest BCUT2D eigenvalue weighted by atomic mass is 79.9. The molecule has 0 N–H and O–H groups in total. The fraction of sp³-hybridized carbons (Fsp3) is 0.600. The van der Waals surface area contributed by atoms with E-state index in [0.29, 0.717) is 31.3 Å². The van der Waals surface area contributed by atoms with Gasteiger partial charge >= 0.3 is 0 Å². The van der Waals surface area contributed by atoms with Gasteiger partial charge < -0.3 is 4.90 Å². The molecule has 1 aromatic rings. The van der Waals surface area contributed by atoms with Crippen LogP contribution in [0.25, 0.3) is 0 Å². The molecule has 0 unspecified atom stereocenters. The molecule has 2 rings (SSSR count). The molecule has 0 saturated carbocycles. The summed E-state index contributed by atoms with van der Waals surface area (Å²) in [5, 5.41) is 0.712. The van der Waals surface area contributed by atoms with E-state index in [2.05, 4.69) is 30.8 Å². The number of rotatable bonds is 3. The van der Waals surface area contributed by atoms with Crippen molar-refractivity contribution in [3.8, 4) is 0 Å². The SMILES string of the molecule is CSc1ncc(Br)c(N2CCN(S(C)(=O)=O)CC2)n1. The number of hydrogen-bond donors (Lipinski definition) is 0. The summed E-state index contributed by atoms with van der Waals surface area (Å²) >= 11 is 4.93. The monoisotopic (exact) mass is 366 g/mol. The summed E-state index contributed by atoms with van der Waals surface area (Å²) < 4.78 is 25.3. The second kappa shape index (κ2) is 5.94. The van der Waals surface area contributed by atoms with Crippen LogP contribution in [-0.2, 0) is 10.0 Å². The predicted octanol–water partition coefficient (Wildman–Crippen LogP) is 1.04. The van der Waals surface area contributed by atoms with Crippen LogP contribution in [-0.4, -0.2) is 61.4 Å². The molecule has 0 amide bonds. The van der Waals surface area contributed by atoms with Gasteiger partial charge in [0.15, 0.2) is 5.16 Å². The molecule has 1 saturated heterocycles. The minimum absolute atomic E-state index is 0.490. The number of nitrogens with zero attached hydrogens (tertiary/aromatic N) is 4. The molecule has 9 heteroatoms. The first-order valence-corrected chi connectivity index (χ1v) is 9.55. The van der Waals surface area contributed by atoms with Crippen molar-refractivity contribution in [2.75, 3.05) is 43.6 Å². The van der Waals surface area contributed by atoms with Gasteiger partial charge in [-0.2, -0.15) is 4.31 Å². The van der Waals surface area contributed by atoms with Crippen LogP contribution < -0.4 is 4.90 Å². The predicted molar refractivity (Wildman–Crippen MR) is 80.1 cm³/mol. The first kappa shape index (κ1) is 15.0. The Morgan fingerprint density at radius 3 is 2.47 bits per heavy atom. The van der Waals surface area contributed by atoms with Gasteiger partial charge in [-0.1, -0.05) is 11.8 Å². The summed E-state index contributed by atoms with van der Waals surface area (Å²) in [5.41, 5.74) is 0. The largest absolute Gasteiger partial charge is 0.353 e. The summed E-state index contributed by atoms with van der Waals surface area (Å²) in [4.78, 5) is 10.7. The van der Waals surface area contributed by atoms with Gasteiger partial charge in [-0.25, -0.2) is 18.4 Å². The normalized spacial score (nSPS) is 17.7. The summed E-state index contributed by atoms with van der Waals surface area (Å²) in [6, 6.07) is 0. The number of piperazine rings is 1. The molecule has 0 atom stereocenters. The van der Waals surface area contributed by atoms with Crippen LogP contribution in [0.15, 0.2) is 15.8 Å². The molecule has 19 heavy (non-hydrogen) atoms. The third-order valence-electron chi connectivity index (χ3n) is 2.89. The number of thioether (sulfide) groups is 1. The number of hydrogen-bond acceptors (Lipinski definition) is 6. The maximum Gasteiger partial charge on any atom is 0.211 e. The van der Waals surface area contributed by atoms with E-state index in [4.69, 9.17) is 0 Å². The molecule has 1 fully saturated rings. The molecule has 0 bridgehead atoms. The molecule has 1 aromatic heterocycles. The van der Waals surface area contributed by atoms with E-state index in [0.717, 1.165) is 10.3 Å². The molecular formula is C10H15BrN4O2S2. The van der Waals surface area contributed by atoms with Gasteiger partial charge in [0.2, 0.25) is 10.0 Å². The Balaban J connectivity index is 2.13. The van der Waals surface area contributed by atoms with Crippen molar-refractivity contribution in [3.05, 3.63) is 10.7 Å². The summed E-state index contributed by atoms with van der Waals surface area (Å²) in [5.74, 6) is 0.826. The van der Waals surface area contributed by atoms with Crippen molar-refractivity contribution < 1.29 is 8.42 Å². The standard InChI is InChI=1S/C10H15BrN4O2S2/c1-18-10-12-7-8(11)9(13-10)14-3-5-15(6-4-14)19(2,16)17/h7H,3-6H2,1-2H3. The van der Waals surface area contributed by atoms with Crippen LogP contribution >= 0.6 is 27.7 Å².